The molecule has 0 saturated heterocycles. The van der Waals surface area contributed by atoms with Crippen LogP contribution in [0.25, 0.3) is 6.08 Å². The average molecular weight is 401 g/mol. The van der Waals surface area contributed by atoms with Gasteiger partial charge in [-0.05, 0) is 48.5 Å². The van der Waals surface area contributed by atoms with Gasteiger partial charge < -0.3 is 18.7 Å². The van der Waals surface area contributed by atoms with E-state index in [1.165, 1.54) is 0 Å². The fraction of sp³-hybridized carbons (Fsp3) is 0.609. The molecule has 152 valence electrons. The summed E-state index contributed by atoms with van der Waals surface area (Å²) in [6.45, 7) is 11.4. The number of carbonyl (C=O) groups is 1. The Balaban J connectivity index is 1.82. The van der Waals surface area contributed by atoms with Crippen molar-refractivity contribution in [3.05, 3.63) is 29.3 Å². The van der Waals surface area contributed by atoms with E-state index in [9.17, 15) is 4.79 Å². The van der Waals surface area contributed by atoms with E-state index in [1.807, 2.05) is 6.07 Å². The zero-order valence-electron chi connectivity index (χ0n) is 17.9. The van der Waals surface area contributed by atoms with Crippen LogP contribution in [-0.2, 0) is 14.6 Å². The molecule has 28 heavy (non-hydrogen) atoms. The van der Waals surface area contributed by atoms with Crippen LogP contribution >= 0.6 is 0 Å². The maximum Gasteiger partial charge on any atom is 0.192 e. The maximum atomic E-state index is 11.9. The fourth-order valence-corrected chi connectivity index (χ4v) is 6.43. The van der Waals surface area contributed by atoms with Gasteiger partial charge in [-0.15, -0.1) is 0 Å². The molecule has 5 heteroatoms. The highest BCUT2D eigenvalue weighted by Gasteiger charge is 2.61. The molecule has 1 saturated carbocycles. The minimum atomic E-state index is -1.97. The number of allylic oxidation sites excluding steroid dienone is 1. The van der Waals surface area contributed by atoms with Crippen molar-refractivity contribution in [3.63, 3.8) is 0 Å². The predicted molar refractivity (Wildman–Crippen MR) is 114 cm³/mol. The summed E-state index contributed by atoms with van der Waals surface area (Å²) in [7, 11) is -0.292. The minimum Gasteiger partial charge on any atom is -0.493 e. The van der Waals surface area contributed by atoms with Gasteiger partial charge in [-0.3, -0.25) is 0 Å². The second-order valence-electron chi connectivity index (χ2n) is 9.97. The molecule has 0 N–H and O–H groups in total. The summed E-state index contributed by atoms with van der Waals surface area (Å²) < 4.78 is 19.1. The van der Waals surface area contributed by atoms with Crippen LogP contribution in [-0.4, -0.2) is 33.9 Å². The van der Waals surface area contributed by atoms with Crippen molar-refractivity contribution in [2.45, 2.75) is 75.8 Å². The van der Waals surface area contributed by atoms with Gasteiger partial charge in [-0.2, -0.15) is 0 Å². The zero-order valence-corrected chi connectivity index (χ0v) is 18.9. The van der Waals surface area contributed by atoms with Gasteiger partial charge in [0.05, 0.1) is 18.6 Å². The van der Waals surface area contributed by atoms with Crippen molar-refractivity contribution in [2.24, 2.45) is 5.92 Å². The lowest BCUT2D eigenvalue weighted by atomic mass is 9.57. The first kappa shape index (κ1) is 19.7. The van der Waals surface area contributed by atoms with Gasteiger partial charge in [0.2, 0.25) is 0 Å². The van der Waals surface area contributed by atoms with Crippen LogP contribution in [0.3, 0.4) is 0 Å². The van der Waals surface area contributed by atoms with Gasteiger partial charge in [-0.1, -0.05) is 39.0 Å². The molecule has 4 atom stereocenters. The highest BCUT2D eigenvalue weighted by atomic mass is 28.4. The Morgan fingerprint density at radius 2 is 2.04 bits per heavy atom. The molecule has 1 aliphatic heterocycles. The van der Waals surface area contributed by atoms with Gasteiger partial charge in [0, 0.05) is 12.0 Å². The summed E-state index contributed by atoms with van der Waals surface area (Å²) in [6.07, 6.45) is 7.80. The number of aldehydes is 1. The fourth-order valence-electron chi connectivity index (χ4n) is 5.08. The molecule has 2 aliphatic carbocycles. The molecule has 4 rings (SSSR count). The van der Waals surface area contributed by atoms with E-state index in [0.29, 0.717) is 12.3 Å². The van der Waals surface area contributed by atoms with Crippen LogP contribution in [0.15, 0.2) is 18.2 Å². The van der Waals surface area contributed by atoms with E-state index in [-0.39, 0.29) is 22.7 Å². The molecule has 1 aromatic carbocycles. The van der Waals surface area contributed by atoms with Crippen LogP contribution in [0.5, 0.6) is 11.5 Å². The molecule has 3 aliphatic rings. The van der Waals surface area contributed by atoms with Crippen molar-refractivity contribution in [1.29, 1.82) is 0 Å². The molecule has 0 spiro atoms. The molecule has 0 bridgehead atoms. The average Bonchev–Trinajstić information content (AvgIpc) is 2.97. The van der Waals surface area contributed by atoms with Gasteiger partial charge in [0.25, 0.3) is 0 Å². The summed E-state index contributed by atoms with van der Waals surface area (Å²) in [4.78, 5) is 11.9. The predicted octanol–water partition coefficient (Wildman–Crippen LogP) is 5.11. The van der Waals surface area contributed by atoms with E-state index >= 15 is 0 Å². The lowest BCUT2D eigenvalue weighted by Crippen LogP contribution is -2.58. The standard InChI is InChI=1S/C23H32O4Si/c1-22(2,3)28(5,6)27-18-12-10-16-9-7-15-8-11-17(25-4)20-19(15)23(16,13-14-24)21(18)26-20/h7-9,11,14,16,18,21H,10,12-13H2,1-6H3/t16-,18-,21?,23+/m1/s1. The summed E-state index contributed by atoms with van der Waals surface area (Å²) >= 11 is 0. The number of hydrogen-bond acceptors (Lipinski definition) is 4. The van der Waals surface area contributed by atoms with E-state index in [2.05, 4.69) is 52.1 Å². The normalized spacial score (nSPS) is 30.6. The summed E-state index contributed by atoms with van der Waals surface area (Å²) in [6, 6.07) is 4.05. The molecule has 0 amide bonds. The van der Waals surface area contributed by atoms with E-state index in [1.54, 1.807) is 7.11 Å². The first-order valence-corrected chi connectivity index (χ1v) is 13.2. The molecule has 0 aromatic heterocycles. The smallest absolute Gasteiger partial charge is 0.192 e. The molecular weight excluding hydrogens is 368 g/mol. The summed E-state index contributed by atoms with van der Waals surface area (Å²) in [5.74, 6) is 1.85. The van der Waals surface area contributed by atoms with E-state index < -0.39 is 8.32 Å². The van der Waals surface area contributed by atoms with Gasteiger partial charge in [-0.25, -0.2) is 0 Å². The van der Waals surface area contributed by atoms with Crippen LogP contribution in [0.2, 0.25) is 18.1 Å². The largest absolute Gasteiger partial charge is 0.493 e. The van der Waals surface area contributed by atoms with Crippen LogP contribution in [0, 0.1) is 5.92 Å². The topological polar surface area (TPSA) is 44.8 Å². The summed E-state index contributed by atoms with van der Waals surface area (Å²) in [5, 5.41) is 0.127. The lowest BCUT2D eigenvalue weighted by Gasteiger charge is -2.50. The molecule has 1 unspecified atom stereocenters. The highest BCUT2D eigenvalue weighted by Crippen LogP contribution is 2.61. The Labute approximate surface area is 169 Å². The molecule has 1 heterocycles. The Morgan fingerprint density at radius 3 is 2.68 bits per heavy atom. The molecular formula is C23H32O4Si. The quantitative estimate of drug-likeness (QED) is 0.509. The van der Waals surface area contributed by atoms with E-state index in [4.69, 9.17) is 13.9 Å². The van der Waals surface area contributed by atoms with Gasteiger partial charge in [0.15, 0.2) is 19.8 Å². The number of methoxy groups -OCH3 is 1. The van der Waals surface area contributed by atoms with Crippen molar-refractivity contribution >= 4 is 20.7 Å². The van der Waals surface area contributed by atoms with Crippen LogP contribution in [0.4, 0.5) is 0 Å². The SMILES string of the molecule is COc1ccc2c3c1OC1[C@H](O[Si](C)(C)C(C)(C)C)CC[C@@H](C=C2)[C@@]31CC=O. The third kappa shape index (κ3) is 2.62. The molecule has 4 nitrogen and oxygen atoms in total. The third-order valence-electron chi connectivity index (χ3n) is 7.53. The minimum absolute atomic E-state index is 0.00597. The van der Waals surface area contributed by atoms with Gasteiger partial charge >= 0.3 is 0 Å². The Morgan fingerprint density at radius 1 is 1.29 bits per heavy atom. The summed E-state index contributed by atoms with van der Waals surface area (Å²) in [5.41, 5.74) is 1.95. The first-order valence-electron chi connectivity index (χ1n) is 10.3. The second kappa shape index (κ2) is 6.46. The highest BCUT2D eigenvalue weighted by molar-refractivity contribution is 6.74. The van der Waals surface area contributed by atoms with Crippen molar-refractivity contribution in [1.82, 2.24) is 0 Å². The lowest BCUT2D eigenvalue weighted by molar-refractivity contribution is -0.112. The monoisotopic (exact) mass is 400 g/mol. The third-order valence-corrected chi connectivity index (χ3v) is 12.0. The molecule has 0 radical (unpaired) electrons. The number of ether oxygens (including phenoxy) is 2. The van der Waals surface area contributed by atoms with Crippen molar-refractivity contribution in [2.75, 3.05) is 7.11 Å². The number of rotatable bonds is 5. The maximum absolute atomic E-state index is 11.9. The first-order chi connectivity index (χ1) is 13.2. The van der Waals surface area contributed by atoms with Crippen molar-refractivity contribution < 1.29 is 18.7 Å². The van der Waals surface area contributed by atoms with Crippen LogP contribution in [0.1, 0.15) is 51.2 Å². The van der Waals surface area contributed by atoms with Crippen LogP contribution < -0.4 is 9.47 Å². The molecule has 1 aromatic rings. The molecule has 1 fully saturated rings. The van der Waals surface area contributed by atoms with Gasteiger partial charge in [0.1, 0.15) is 12.4 Å². The van der Waals surface area contributed by atoms with E-state index in [0.717, 1.165) is 41.8 Å². The number of hydrogen-bond donors (Lipinski definition) is 0. The number of carbonyl (C=O) groups excluding carboxylic acids is 1. The Hall–Kier alpha value is -1.59. The second-order valence-corrected chi connectivity index (χ2v) is 14.7. The Bertz CT molecular complexity index is 823. The van der Waals surface area contributed by atoms with Crippen molar-refractivity contribution in [3.8, 4) is 11.5 Å². The number of benzene rings is 1. The Kier molecular flexibility index (Phi) is 4.55. The zero-order chi connectivity index (χ0) is 20.3.